The molecule has 0 radical (unpaired) electrons. The lowest BCUT2D eigenvalue weighted by atomic mass is 10.1. The first-order valence-electron chi connectivity index (χ1n) is 7.62. The van der Waals surface area contributed by atoms with E-state index >= 15 is 0 Å². The highest BCUT2D eigenvalue weighted by Crippen LogP contribution is 2.28. The number of benzene rings is 2. The van der Waals surface area contributed by atoms with Crippen LogP contribution in [0.4, 0.5) is 4.39 Å². The van der Waals surface area contributed by atoms with Gasteiger partial charge in [-0.1, -0.05) is 18.2 Å². The zero-order valence-corrected chi connectivity index (χ0v) is 13.2. The fourth-order valence-electron chi connectivity index (χ4n) is 2.74. The summed E-state index contributed by atoms with van der Waals surface area (Å²) in [5, 5.41) is 9.78. The number of phenolic OH excluding ortho intramolecular Hbond substituents is 1. The molecule has 1 amide bonds. The number of carbonyl (C=O) groups is 1. The van der Waals surface area contributed by atoms with E-state index in [4.69, 9.17) is 9.47 Å². The summed E-state index contributed by atoms with van der Waals surface area (Å²) < 4.78 is 24.4. The van der Waals surface area contributed by atoms with E-state index < -0.39 is 17.5 Å². The van der Waals surface area contributed by atoms with Gasteiger partial charge in [-0.15, -0.1) is 0 Å². The molecule has 1 fully saturated rings. The summed E-state index contributed by atoms with van der Waals surface area (Å²) in [6.07, 6.45) is -0.298. The zero-order chi connectivity index (χ0) is 17.1. The Morgan fingerprint density at radius 2 is 2.12 bits per heavy atom. The van der Waals surface area contributed by atoms with Gasteiger partial charge in [-0.2, -0.15) is 0 Å². The van der Waals surface area contributed by atoms with Crippen LogP contribution in [-0.2, 0) is 4.74 Å². The van der Waals surface area contributed by atoms with Crippen molar-refractivity contribution in [3.63, 3.8) is 0 Å². The van der Waals surface area contributed by atoms with Crippen LogP contribution in [0.15, 0.2) is 42.5 Å². The van der Waals surface area contributed by atoms with Crippen LogP contribution in [0.2, 0.25) is 0 Å². The number of aromatic hydroxyl groups is 1. The fraction of sp³-hybridized carbons (Fsp3) is 0.278. The van der Waals surface area contributed by atoms with Crippen molar-refractivity contribution < 1.29 is 23.8 Å². The highest BCUT2D eigenvalue weighted by molar-refractivity contribution is 5.97. The first-order chi connectivity index (χ1) is 11.6. The Morgan fingerprint density at radius 3 is 2.92 bits per heavy atom. The maximum Gasteiger partial charge on any atom is 0.257 e. The van der Waals surface area contributed by atoms with Gasteiger partial charge in [0.2, 0.25) is 0 Å². The standard InChI is InChI=1S/C18H18FNO4/c1-23-13-5-2-4-12(10-13)16-11-20(8-9-24-16)18(22)14-6-3-7-15(19)17(14)21/h2-7,10,16,21H,8-9,11H2,1H3. The largest absolute Gasteiger partial charge is 0.504 e. The minimum Gasteiger partial charge on any atom is -0.504 e. The number of ether oxygens (including phenoxy) is 2. The van der Waals surface area contributed by atoms with Crippen LogP contribution < -0.4 is 4.74 Å². The third kappa shape index (κ3) is 3.19. The van der Waals surface area contributed by atoms with Gasteiger partial charge in [0.05, 0.1) is 25.8 Å². The zero-order valence-electron chi connectivity index (χ0n) is 13.2. The van der Waals surface area contributed by atoms with Gasteiger partial charge in [-0.25, -0.2) is 4.39 Å². The number of amides is 1. The molecule has 0 bridgehead atoms. The number of hydrogen-bond acceptors (Lipinski definition) is 4. The summed E-state index contributed by atoms with van der Waals surface area (Å²) >= 11 is 0. The number of phenols is 1. The number of carbonyl (C=O) groups excluding carboxylic acids is 1. The Hall–Kier alpha value is -2.60. The maximum absolute atomic E-state index is 13.5. The molecule has 1 saturated heterocycles. The predicted molar refractivity (Wildman–Crippen MR) is 85.7 cm³/mol. The molecule has 5 nitrogen and oxygen atoms in total. The summed E-state index contributed by atoms with van der Waals surface area (Å²) in [6.45, 7) is 1.07. The number of hydrogen-bond donors (Lipinski definition) is 1. The molecule has 24 heavy (non-hydrogen) atoms. The minimum absolute atomic E-state index is 0.0405. The van der Waals surface area contributed by atoms with Crippen LogP contribution in [0.1, 0.15) is 22.0 Å². The molecule has 2 aromatic carbocycles. The van der Waals surface area contributed by atoms with E-state index in [9.17, 15) is 14.3 Å². The van der Waals surface area contributed by atoms with Gasteiger partial charge >= 0.3 is 0 Å². The lowest BCUT2D eigenvalue weighted by Gasteiger charge is -2.33. The van der Waals surface area contributed by atoms with Crippen molar-refractivity contribution >= 4 is 5.91 Å². The van der Waals surface area contributed by atoms with E-state index in [1.807, 2.05) is 24.3 Å². The molecule has 6 heteroatoms. The lowest BCUT2D eigenvalue weighted by Crippen LogP contribution is -2.42. The summed E-state index contributed by atoms with van der Waals surface area (Å²) in [7, 11) is 1.59. The highest BCUT2D eigenvalue weighted by atomic mass is 19.1. The third-order valence-electron chi connectivity index (χ3n) is 4.04. The van der Waals surface area contributed by atoms with E-state index in [0.29, 0.717) is 25.4 Å². The van der Waals surface area contributed by atoms with Gasteiger partial charge in [0.1, 0.15) is 11.9 Å². The number of nitrogens with zero attached hydrogens (tertiary/aromatic N) is 1. The Morgan fingerprint density at radius 1 is 1.33 bits per heavy atom. The summed E-state index contributed by atoms with van der Waals surface area (Å²) in [5.74, 6) is -1.13. The van der Waals surface area contributed by atoms with Crippen molar-refractivity contribution in [2.24, 2.45) is 0 Å². The molecule has 0 saturated carbocycles. The monoisotopic (exact) mass is 331 g/mol. The third-order valence-corrected chi connectivity index (χ3v) is 4.04. The number of rotatable bonds is 3. The van der Waals surface area contributed by atoms with E-state index in [1.54, 1.807) is 12.0 Å². The van der Waals surface area contributed by atoms with Crippen LogP contribution in [0.5, 0.6) is 11.5 Å². The van der Waals surface area contributed by atoms with Crippen LogP contribution in [0.25, 0.3) is 0 Å². The molecule has 0 spiro atoms. The molecular formula is C18H18FNO4. The van der Waals surface area contributed by atoms with Crippen molar-refractivity contribution in [3.8, 4) is 11.5 Å². The topological polar surface area (TPSA) is 59.0 Å². The van der Waals surface area contributed by atoms with Crippen molar-refractivity contribution in [1.29, 1.82) is 0 Å². The quantitative estimate of drug-likeness (QED) is 0.939. The van der Waals surface area contributed by atoms with Gasteiger partial charge in [0, 0.05) is 6.54 Å². The Labute approximate surface area is 139 Å². The Balaban J connectivity index is 1.80. The molecular weight excluding hydrogens is 313 g/mol. The minimum atomic E-state index is -0.807. The molecule has 1 aliphatic rings. The molecule has 1 atom stereocenters. The van der Waals surface area contributed by atoms with Gasteiger partial charge < -0.3 is 19.5 Å². The van der Waals surface area contributed by atoms with Crippen molar-refractivity contribution in [3.05, 3.63) is 59.4 Å². The molecule has 0 aromatic heterocycles. The van der Waals surface area contributed by atoms with Gasteiger partial charge in [-0.05, 0) is 29.8 Å². The average molecular weight is 331 g/mol. The first-order valence-corrected chi connectivity index (χ1v) is 7.62. The SMILES string of the molecule is COc1cccc(C2CN(C(=O)c3cccc(F)c3O)CCO2)c1. The van der Waals surface area contributed by atoms with Gasteiger partial charge in [-0.3, -0.25) is 4.79 Å². The predicted octanol–water partition coefficient (Wildman–Crippen LogP) is 2.75. The number of methoxy groups -OCH3 is 1. The number of morpholine rings is 1. The molecule has 2 aromatic rings. The van der Waals surface area contributed by atoms with Crippen LogP contribution >= 0.6 is 0 Å². The molecule has 1 heterocycles. The van der Waals surface area contributed by atoms with Crippen LogP contribution in [0, 0.1) is 5.82 Å². The number of halogens is 1. The molecule has 1 N–H and O–H groups in total. The van der Waals surface area contributed by atoms with Crippen molar-refractivity contribution in [2.45, 2.75) is 6.10 Å². The summed E-state index contributed by atoms with van der Waals surface area (Å²) in [5.41, 5.74) is 0.858. The van der Waals surface area contributed by atoms with Crippen LogP contribution in [-0.4, -0.2) is 42.7 Å². The van der Waals surface area contributed by atoms with Crippen molar-refractivity contribution in [1.82, 2.24) is 4.90 Å². The van der Waals surface area contributed by atoms with E-state index in [2.05, 4.69) is 0 Å². The van der Waals surface area contributed by atoms with E-state index in [1.165, 1.54) is 12.1 Å². The normalized spacial score (nSPS) is 17.6. The maximum atomic E-state index is 13.5. The molecule has 1 aliphatic heterocycles. The van der Waals surface area contributed by atoms with Gasteiger partial charge in [0.25, 0.3) is 5.91 Å². The summed E-state index contributed by atoms with van der Waals surface area (Å²) in [6, 6.07) is 11.4. The molecule has 126 valence electrons. The second-order valence-electron chi connectivity index (χ2n) is 5.52. The summed E-state index contributed by atoms with van der Waals surface area (Å²) in [4.78, 5) is 14.1. The fourth-order valence-corrected chi connectivity index (χ4v) is 2.74. The van der Waals surface area contributed by atoms with E-state index in [-0.39, 0.29) is 11.7 Å². The Bertz CT molecular complexity index is 750. The average Bonchev–Trinajstić information content (AvgIpc) is 2.63. The van der Waals surface area contributed by atoms with Crippen LogP contribution in [0.3, 0.4) is 0 Å². The lowest BCUT2D eigenvalue weighted by molar-refractivity contribution is -0.0229. The van der Waals surface area contributed by atoms with Crippen molar-refractivity contribution in [2.75, 3.05) is 26.8 Å². The molecule has 1 unspecified atom stereocenters. The second kappa shape index (κ2) is 6.88. The second-order valence-corrected chi connectivity index (χ2v) is 5.52. The number of para-hydroxylation sites is 1. The highest BCUT2D eigenvalue weighted by Gasteiger charge is 2.28. The molecule has 3 rings (SSSR count). The first kappa shape index (κ1) is 16.3. The van der Waals surface area contributed by atoms with E-state index in [0.717, 1.165) is 11.6 Å². The molecule has 0 aliphatic carbocycles. The smallest absolute Gasteiger partial charge is 0.257 e. The Kier molecular flexibility index (Phi) is 4.66. The van der Waals surface area contributed by atoms with Gasteiger partial charge in [0.15, 0.2) is 11.6 Å².